The van der Waals surface area contributed by atoms with Gasteiger partial charge in [0.25, 0.3) is 5.91 Å². The Morgan fingerprint density at radius 3 is 2.24 bits per heavy atom. The summed E-state index contributed by atoms with van der Waals surface area (Å²) in [6.07, 6.45) is 3.47. The van der Waals surface area contributed by atoms with E-state index in [0.717, 1.165) is 73.1 Å². The number of rotatable bonds is 11. The zero-order valence-electron chi connectivity index (χ0n) is 31.6. The number of fused-ring (bicyclic) bond motifs is 1. The van der Waals surface area contributed by atoms with E-state index in [1.807, 2.05) is 60.0 Å². The maximum absolute atomic E-state index is 14.2. The minimum atomic E-state index is -1.01. The second-order valence-electron chi connectivity index (χ2n) is 15.0. The Morgan fingerprint density at radius 2 is 1.56 bits per heavy atom. The molecular formula is C40H55IN6O7. The summed E-state index contributed by atoms with van der Waals surface area (Å²) in [7, 11) is 0. The van der Waals surface area contributed by atoms with E-state index in [9.17, 15) is 24.3 Å². The molecule has 54 heavy (non-hydrogen) atoms. The molecule has 4 aliphatic rings. The quantitative estimate of drug-likeness (QED) is 0.144. The Labute approximate surface area is 332 Å². The van der Waals surface area contributed by atoms with Gasteiger partial charge in [-0.15, -0.1) is 0 Å². The molecule has 3 fully saturated rings. The topological polar surface area (TPSA) is 135 Å². The Kier molecular flexibility index (Phi) is 13.9. The highest BCUT2D eigenvalue weighted by Gasteiger charge is 2.36. The zero-order valence-corrected chi connectivity index (χ0v) is 33.8. The number of hydrogen-bond acceptors (Lipinski definition) is 9. The van der Waals surface area contributed by atoms with Crippen molar-refractivity contribution in [3.63, 3.8) is 0 Å². The third kappa shape index (κ3) is 10.2. The molecule has 2 aromatic carbocycles. The molecule has 14 heteroatoms. The van der Waals surface area contributed by atoms with Crippen molar-refractivity contribution < 1.29 is 33.8 Å². The highest BCUT2D eigenvalue weighted by molar-refractivity contribution is 14.1. The third-order valence-electron chi connectivity index (χ3n) is 11.4. The average molecular weight is 859 g/mol. The second kappa shape index (κ2) is 18.8. The minimum absolute atomic E-state index is 0.000849. The molecule has 4 amide bonds. The predicted molar refractivity (Wildman–Crippen MR) is 214 cm³/mol. The van der Waals surface area contributed by atoms with Crippen LogP contribution in [0.1, 0.15) is 54.4 Å². The summed E-state index contributed by atoms with van der Waals surface area (Å²) in [6.45, 7) is 10.1. The number of nitrogens with zero attached hydrogens (tertiary/aromatic N) is 5. The van der Waals surface area contributed by atoms with Gasteiger partial charge in [-0.1, -0.05) is 52.9 Å². The number of piperidine rings is 2. The minimum Gasteiger partial charge on any atom is -0.507 e. The summed E-state index contributed by atoms with van der Waals surface area (Å²) in [5, 5.41) is 13.4. The normalized spacial score (nSPS) is 19.8. The Balaban J connectivity index is 1.03. The van der Waals surface area contributed by atoms with E-state index in [1.54, 1.807) is 4.90 Å². The molecule has 0 unspecified atom stereocenters. The summed E-state index contributed by atoms with van der Waals surface area (Å²) in [5.74, 6) is -0.147. The monoisotopic (exact) mass is 858 g/mol. The van der Waals surface area contributed by atoms with Gasteiger partial charge in [-0.2, -0.15) is 0 Å². The lowest BCUT2D eigenvalue weighted by Gasteiger charge is -2.43. The van der Waals surface area contributed by atoms with Crippen molar-refractivity contribution in [1.82, 2.24) is 24.5 Å². The Bertz CT molecular complexity index is 1610. The molecule has 1 atom stereocenters. The molecule has 0 saturated carbocycles. The lowest BCUT2D eigenvalue weighted by Crippen LogP contribution is -2.57. The van der Waals surface area contributed by atoms with E-state index >= 15 is 0 Å². The standard InChI is InChI=1S/C40H55IN6O7/c1-28-24-30(25-29(2)37(28)49)26-35(38(50)45-21-19-44(20-22-45)32-9-14-43(15-10-32)27-36(48)53-23-5-13-41)54-40(52)46-16-11-33(12-17-46)47-18-8-31-6-3-4-7-34(31)42-39(47)51/h3-4,6-7,24-25,32-33,35,49H,5,8-23,26-27H2,1-2H3,(H,42,51)/t35-/m1/s1. The fourth-order valence-corrected chi connectivity index (χ4v) is 8.59. The fraction of sp³-hybridized carbons (Fsp3) is 0.600. The van der Waals surface area contributed by atoms with E-state index in [1.165, 1.54) is 0 Å². The Hall–Kier alpha value is -3.63. The van der Waals surface area contributed by atoms with Gasteiger partial charge in [-0.3, -0.25) is 19.4 Å². The van der Waals surface area contributed by atoms with Gasteiger partial charge in [0.05, 0.1) is 13.2 Å². The van der Waals surface area contributed by atoms with Crippen LogP contribution in [0.4, 0.5) is 15.3 Å². The number of phenols is 1. The van der Waals surface area contributed by atoms with Crippen LogP contribution in [0.15, 0.2) is 36.4 Å². The van der Waals surface area contributed by atoms with E-state index in [0.29, 0.717) is 75.9 Å². The van der Waals surface area contributed by atoms with Gasteiger partial charge < -0.3 is 34.6 Å². The number of likely N-dealkylation sites (tertiary alicyclic amines) is 2. The number of anilines is 1. The molecule has 294 valence electrons. The molecular weight excluding hydrogens is 803 g/mol. The molecule has 4 aliphatic heterocycles. The Morgan fingerprint density at radius 1 is 0.889 bits per heavy atom. The molecule has 13 nitrogen and oxygen atoms in total. The van der Waals surface area contributed by atoms with E-state index in [2.05, 4.69) is 37.7 Å². The molecule has 0 radical (unpaired) electrons. The van der Waals surface area contributed by atoms with E-state index in [4.69, 9.17) is 9.47 Å². The first kappa shape index (κ1) is 40.0. The van der Waals surface area contributed by atoms with Crippen LogP contribution in [0.5, 0.6) is 5.75 Å². The lowest BCUT2D eigenvalue weighted by atomic mass is 10.00. The van der Waals surface area contributed by atoms with Crippen molar-refractivity contribution in [3.05, 3.63) is 58.7 Å². The number of carbonyl (C=O) groups is 4. The number of esters is 1. The largest absolute Gasteiger partial charge is 0.507 e. The van der Waals surface area contributed by atoms with Gasteiger partial charge in [0, 0.05) is 87.5 Å². The summed E-state index contributed by atoms with van der Waals surface area (Å²) in [4.78, 5) is 63.2. The van der Waals surface area contributed by atoms with Gasteiger partial charge >= 0.3 is 18.1 Å². The molecule has 0 spiro atoms. The van der Waals surface area contributed by atoms with Crippen LogP contribution >= 0.6 is 22.6 Å². The van der Waals surface area contributed by atoms with Crippen molar-refractivity contribution in [2.75, 3.05) is 81.8 Å². The molecule has 2 N–H and O–H groups in total. The van der Waals surface area contributed by atoms with Gasteiger partial charge in [0.1, 0.15) is 5.75 Å². The number of carbonyl (C=O) groups excluding carboxylic acids is 4. The van der Waals surface area contributed by atoms with Crippen LogP contribution in [0.25, 0.3) is 0 Å². The van der Waals surface area contributed by atoms with Crippen LogP contribution in [0, 0.1) is 13.8 Å². The molecule has 0 aromatic heterocycles. The highest BCUT2D eigenvalue weighted by atomic mass is 127. The van der Waals surface area contributed by atoms with Crippen molar-refractivity contribution >= 4 is 52.3 Å². The van der Waals surface area contributed by atoms with Crippen LogP contribution < -0.4 is 5.32 Å². The summed E-state index contributed by atoms with van der Waals surface area (Å²) in [5.41, 5.74) is 4.20. The van der Waals surface area contributed by atoms with Gasteiger partial charge in [0.15, 0.2) is 6.10 Å². The first-order valence-corrected chi connectivity index (χ1v) is 21.0. The van der Waals surface area contributed by atoms with Gasteiger partial charge in [-0.05, 0) is 80.7 Å². The van der Waals surface area contributed by atoms with Gasteiger partial charge in [0.2, 0.25) is 0 Å². The first-order valence-electron chi connectivity index (χ1n) is 19.5. The van der Waals surface area contributed by atoms with Crippen molar-refractivity contribution in [1.29, 1.82) is 0 Å². The highest BCUT2D eigenvalue weighted by Crippen LogP contribution is 2.27. The van der Waals surface area contributed by atoms with Gasteiger partial charge in [-0.25, -0.2) is 9.59 Å². The number of hydrogen-bond donors (Lipinski definition) is 2. The molecule has 4 heterocycles. The van der Waals surface area contributed by atoms with Crippen molar-refractivity contribution in [2.24, 2.45) is 0 Å². The van der Waals surface area contributed by atoms with Crippen molar-refractivity contribution in [3.8, 4) is 5.75 Å². The van der Waals surface area contributed by atoms with Crippen LogP contribution in [-0.4, -0.2) is 148 Å². The fourth-order valence-electron chi connectivity index (χ4n) is 8.27. The zero-order chi connectivity index (χ0) is 38.2. The SMILES string of the molecule is Cc1cc(C[C@@H](OC(=O)N2CCC(N3CCc4ccccc4NC3=O)CC2)C(=O)N2CCN(C3CCN(CC(=O)OCCCI)CC3)CC2)cc(C)c1O. The number of piperazine rings is 1. The summed E-state index contributed by atoms with van der Waals surface area (Å²) < 4.78 is 12.4. The van der Waals surface area contributed by atoms with Crippen LogP contribution in [0.2, 0.25) is 0 Å². The number of halogens is 1. The molecule has 0 aliphatic carbocycles. The van der Waals surface area contributed by atoms with E-state index < -0.39 is 12.2 Å². The number of para-hydroxylation sites is 1. The third-order valence-corrected chi connectivity index (χ3v) is 12.2. The second-order valence-corrected chi connectivity index (χ2v) is 16.1. The maximum atomic E-state index is 14.2. The maximum Gasteiger partial charge on any atom is 0.410 e. The molecule has 2 aromatic rings. The smallest absolute Gasteiger partial charge is 0.410 e. The number of ether oxygens (including phenoxy) is 2. The van der Waals surface area contributed by atoms with Crippen LogP contribution in [-0.2, 0) is 31.9 Å². The predicted octanol–water partition coefficient (Wildman–Crippen LogP) is 4.59. The van der Waals surface area contributed by atoms with Crippen LogP contribution in [0.3, 0.4) is 0 Å². The number of aryl methyl sites for hydroxylation is 2. The van der Waals surface area contributed by atoms with Crippen molar-refractivity contribution in [2.45, 2.75) is 77.0 Å². The molecule has 3 saturated heterocycles. The number of aromatic hydroxyl groups is 1. The number of nitrogens with one attached hydrogen (secondary N) is 1. The first-order chi connectivity index (χ1) is 26.1. The number of benzene rings is 2. The number of amides is 4. The average Bonchev–Trinajstić information content (AvgIpc) is 3.35. The number of urea groups is 1. The number of phenolic OH excluding ortho intramolecular Hbond substituents is 1. The summed E-state index contributed by atoms with van der Waals surface area (Å²) >= 11 is 2.28. The lowest BCUT2D eigenvalue weighted by molar-refractivity contribution is -0.145. The number of alkyl halides is 1. The molecule has 6 rings (SSSR count). The summed E-state index contributed by atoms with van der Waals surface area (Å²) in [6, 6.07) is 11.8. The van der Waals surface area contributed by atoms with E-state index in [-0.39, 0.29) is 36.1 Å². The molecule has 0 bridgehead atoms.